The van der Waals surface area contributed by atoms with Crippen LogP contribution in [0.25, 0.3) is 0 Å². The second-order valence-corrected chi connectivity index (χ2v) is 4.24. The van der Waals surface area contributed by atoms with Gasteiger partial charge >= 0.3 is 0 Å². The molecule has 0 radical (unpaired) electrons. The summed E-state index contributed by atoms with van der Waals surface area (Å²) in [6.07, 6.45) is 1.81. The van der Waals surface area contributed by atoms with E-state index >= 15 is 0 Å². The van der Waals surface area contributed by atoms with E-state index in [4.69, 9.17) is 16.3 Å². The molecule has 0 bridgehead atoms. The molecule has 0 saturated carbocycles. The minimum Gasteiger partial charge on any atom is -0.377 e. The normalized spacial score (nSPS) is 22.1. The van der Waals surface area contributed by atoms with Gasteiger partial charge in [0.2, 0.25) is 5.91 Å². The largest absolute Gasteiger partial charge is 0.377 e. The predicted molar refractivity (Wildman–Crippen MR) is 61.1 cm³/mol. The number of halogens is 1. The lowest BCUT2D eigenvalue weighted by Gasteiger charge is -2.36. The van der Waals surface area contributed by atoms with Crippen molar-refractivity contribution in [1.82, 2.24) is 4.90 Å². The molecule has 15 heavy (non-hydrogen) atoms. The van der Waals surface area contributed by atoms with E-state index in [1.54, 1.807) is 0 Å². The van der Waals surface area contributed by atoms with Gasteiger partial charge in [0.05, 0.1) is 19.3 Å². The predicted octanol–water partition coefficient (Wildman–Crippen LogP) is 1.89. The third-order valence-electron chi connectivity index (χ3n) is 3.02. The summed E-state index contributed by atoms with van der Waals surface area (Å²) in [5.74, 6) is 0.856. The van der Waals surface area contributed by atoms with Crippen molar-refractivity contribution >= 4 is 17.5 Å². The van der Waals surface area contributed by atoms with E-state index in [0.29, 0.717) is 25.6 Å². The maximum Gasteiger partial charge on any atom is 0.226 e. The first kappa shape index (κ1) is 12.8. The fourth-order valence-electron chi connectivity index (χ4n) is 1.95. The Hall–Kier alpha value is -0.280. The Morgan fingerprint density at radius 1 is 1.53 bits per heavy atom. The van der Waals surface area contributed by atoms with Gasteiger partial charge in [-0.2, -0.15) is 0 Å². The number of amides is 1. The van der Waals surface area contributed by atoms with E-state index in [0.717, 1.165) is 12.8 Å². The molecule has 1 amide bonds. The van der Waals surface area contributed by atoms with Crippen LogP contribution in [0.2, 0.25) is 0 Å². The van der Waals surface area contributed by atoms with E-state index in [2.05, 4.69) is 13.8 Å². The van der Waals surface area contributed by atoms with Crippen LogP contribution in [0.1, 0.15) is 26.7 Å². The first-order valence-corrected chi connectivity index (χ1v) is 6.22. The van der Waals surface area contributed by atoms with E-state index in [1.165, 1.54) is 0 Å². The van der Waals surface area contributed by atoms with Crippen molar-refractivity contribution < 1.29 is 9.53 Å². The van der Waals surface area contributed by atoms with Crippen LogP contribution in [0.15, 0.2) is 0 Å². The number of alkyl halides is 1. The van der Waals surface area contributed by atoms with Crippen molar-refractivity contribution in [2.45, 2.75) is 32.7 Å². The number of hydrogen-bond acceptors (Lipinski definition) is 2. The molecule has 1 atom stereocenters. The molecule has 1 unspecified atom stereocenters. The molecule has 0 aromatic rings. The summed E-state index contributed by atoms with van der Waals surface area (Å²) in [6, 6.07) is 0.0634. The third kappa shape index (κ3) is 3.08. The van der Waals surface area contributed by atoms with E-state index < -0.39 is 0 Å². The topological polar surface area (TPSA) is 29.5 Å². The minimum absolute atomic E-state index is 0.0634. The first-order chi connectivity index (χ1) is 7.24. The van der Waals surface area contributed by atoms with Gasteiger partial charge in [0, 0.05) is 18.3 Å². The first-order valence-electron chi connectivity index (χ1n) is 5.68. The van der Waals surface area contributed by atoms with Crippen LogP contribution < -0.4 is 0 Å². The van der Waals surface area contributed by atoms with E-state index in [9.17, 15) is 4.79 Å². The van der Waals surface area contributed by atoms with Gasteiger partial charge in [0.25, 0.3) is 0 Å². The molecule has 1 fully saturated rings. The smallest absolute Gasteiger partial charge is 0.226 e. The number of ether oxygens (including phenoxy) is 1. The van der Waals surface area contributed by atoms with E-state index in [-0.39, 0.29) is 17.9 Å². The highest BCUT2D eigenvalue weighted by Gasteiger charge is 2.29. The van der Waals surface area contributed by atoms with Gasteiger partial charge in [-0.1, -0.05) is 13.8 Å². The standard InChI is InChI=1S/C11H20ClNO2/c1-3-9(4-2)11(14)13-5-6-15-8-10(13)7-12/h9-10H,3-8H2,1-2H3. The van der Waals surface area contributed by atoms with Gasteiger partial charge in [-0.3, -0.25) is 4.79 Å². The van der Waals surface area contributed by atoms with Crippen molar-refractivity contribution in [2.24, 2.45) is 5.92 Å². The summed E-state index contributed by atoms with van der Waals surface area (Å²) in [4.78, 5) is 14.0. The van der Waals surface area contributed by atoms with E-state index in [1.807, 2.05) is 4.90 Å². The van der Waals surface area contributed by atoms with Crippen LogP contribution in [-0.2, 0) is 9.53 Å². The zero-order chi connectivity index (χ0) is 11.3. The molecule has 88 valence electrons. The summed E-state index contributed by atoms with van der Waals surface area (Å²) in [5.41, 5.74) is 0. The van der Waals surface area contributed by atoms with Crippen LogP contribution in [0.4, 0.5) is 0 Å². The Morgan fingerprint density at radius 2 is 2.20 bits per heavy atom. The average molecular weight is 234 g/mol. The molecule has 1 heterocycles. The Morgan fingerprint density at radius 3 is 2.73 bits per heavy atom. The van der Waals surface area contributed by atoms with Crippen molar-refractivity contribution in [2.75, 3.05) is 25.6 Å². The monoisotopic (exact) mass is 233 g/mol. The van der Waals surface area contributed by atoms with Gasteiger partial charge < -0.3 is 9.64 Å². The van der Waals surface area contributed by atoms with Crippen LogP contribution in [0.5, 0.6) is 0 Å². The molecule has 0 aliphatic carbocycles. The molecular formula is C11H20ClNO2. The molecule has 0 spiro atoms. The van der Waals surface area contributed by atoms with Crippen LogP contribution in [-0.4, -0.2) is 42.5 Å². The lowest BCUT2D eigenvalue weighted by Crippen LogP contribution is -2.51. The van der Waals surface area contributed by atoms with Gasteiger partial charge in [0.1, 0.15) is 0 Å². The SMILES string of the molecule is CCC(CC)C(=O)N1CCOCC1CCl. The number of morpholine rings is 1. The molecule has 1 aliphatic rings. The molecule has 1 rings (SSSR count). The number of nitrogens with zero attached hydrogens (tertiary/aromatic N) is 1. The average Bonchev–Trinajstić information content (AvgIpc) is 2.30. The molecule has 0 N–H and O–H groups in total. The maximum atomic E-state index is 12.1. The molecular weight excluding hydrogens is 214 g/mol. The quantitative estimate of drug-likeness (QED) is 0.694. The van der Waals surface area contributed by atoms with Crippen molar-refractivity contribution in [3.63, 3.8) is 0 Å². The van der Waals surface area contributed by atoms with Gasteiger partial charge in [-0.05, 0) is 12.8 Å². The zero-order valence-corrected chi connectivity index (χ0v) is 10.3. The number of carbonyl (C=O) groups is 1. The minimum atomic E-state index is 0.0634. The molecule has 0 aromatic carbocycles. The van der Waals surface area contributed by atoms with Crippen molar-refractivity contribution in [3.8, 4) is 0 Å². The number of carbonyl (C=O) groups excluding carboxylic acids is 1. The second kappa shape index (κ2) is 6.33. The van der Waals surface area contributed by atoms with Crippen LogP contribution in [0, 0.1) is 5.92 Å². The molecule has 3 nitrogen and oxygen atoms in total. The molecule has 4 heteroatoms. The lowest BCUT2D eigenvalue weighted by atomic mass is 10.0. The fraction of sp³-hybridized carbons (Fsp3) is 0.909. The Bertz CT molecular complexity index is 207. The van der Waals surface area contributed by atoms with Crippen LogP contribution >= 0.6 is 11.6 Å². The number of hydrogen-bond donors (Lipinski definition) is 0. The number of rotatable bonds is 4. The fourth-order valence-corrected chi connectivity index (χ4v) is 2.20. The highest BCUT2D eigenvalue weighted by molar-refractivity contribution is 6.18. The van der Waals surface area contributed by atoms with Crippen LogP contribution in [0.3, 0.4) is 0 Å². The van der Waals surface area contributed by atoms with Gasteiger partial charge in [0.15, 0.2) is 0 Å². The van der Waals surface area contributed by atoms with Crippen molar-refractivity contribution in [3.05, 3.63) is 0 Å². The highest BCUT2D eigenvalue weighted by Crippen LogP contribution is 2.17. The van der Waals surface area contributed by atoms with Gasteiger partial charge in [-0.15, -0.1) is 11.6 Å². The molecule has 1 saturated heterocycles. The molecule has 0 aromatic heterocycles. The summed E-state index contributed by atoms with van der Waals surface area (Å²) >= 11 is 5.84. The Labute approximate surface area is 96.7 Å². The van der Waals surface area contributed by atoms with Gasteiger partial charge in [-0.25, -0.2) is 0 Å². The summed E-state index contributed by atoms with van der Waals surface area (Å²) < 4.78 is 5.32. The Balaban J connectivity index is 2.62. The highest BCUT2D eigenvalue weighted by atomic mass is 35.5. The second-order valence-electron chi connectivity index (χ2n) is 3.93. The Kier molecular flexibility index (Phi) is 5.40. The summed E-state index contributed by atoms with van der Waals surface area (Å²) in [7, 11) is 0. The summed E-state index contributed by atoms with van der Waals surface area (Å²) in [5, 5.41) is 0. The van der Waals surface area contributed by atoms with Crippen molar-refractivity contribution in [1.29, 1.82) is 0 Å². The zero-order valence-electron chi connectivity index (χ0n) is 9.54. The summed E-state index contributed by atoms with van der Waals surface area (Å²) in [6.45, 7) is 6.02. The molecule has 1 aliphatic heterocycles. The lowest BCUT2D eigenvalue weighted by molar-refractivity contribution is -0.143. The maximum absolute atomic E-state index is 12.1. The third-order valence-corrected chi connectivity index (χ3v) is 3.38.